The molecule has 1 heterocycles. The Morgan fingerprint density at radius 3 is 2.11 bits per heavy atom. The van der Waals surface area contributed by atoms with Crippen molar-refractivity contribution in [3.8, 4) is 17.1 Å². The number of rotatable bonds is 6. The summed E-state index contributed by atoms with van der Waals surface area (Å²) in [6, 6.07) is 6.50. The summed E-state index contributed by atoms with van der Waals surface area (Å²) in [5.41, 5.74) is -0.676. The zero-order valence-corrected chi connectivity index (χ0v) is 15.5. The molecule has 0 aliphatic carbocycles. The number of nitrogens with zero attached hydrogens (tertiary/aromatic N) is 2. The summed E-state index contributed by atoms with van der Waals surface area (Å²) >= 11 is 5.68. The summed E-state index contributed by atoms with van der Waals surface area (Å²) in [4.78, 5) is 8.08. The van der Waals surface area contributed by atoms with Gasteiger partial charge in [-0.1, -0.05) is 24.9 Å². The second kappa shape index (κ2) is 8.14. The minimum atomic E-state index is -4.23. The van der Waals surface area contributed by atoms with Crippen LogP contribution in [0.5, 0.6) is 5.75 Å². The van der Waals surface area contributed by atoms with E-state index in [1.165, 1.54) is 36.7 Å². The number of ether oxygens (including phenoxy) is 1. The van der Waals surface area contributed by atoms with Crippen LogP contribution in [-0.2, 0) is 12.5 Å². The van der Waals surface area contributed by atoms with Gasteiger partial charge in [-0.05, 0) is 48.4 Å². The Morgan fingerprint density at radius 1 is 1.00 bits per heavy atom. The van der Waals surface area contributed by atoms with E-state index in [1.807, 2.05) is 6.92 Å². The second-order valence-corrected chi connectivity index (χ2v) is 6.49. The molecule has 0 aliphatic heterocycles. The fourth-order valence-electron chi connectivity index (χ4n) is 2.60. The van der Waals surface area contributed by atoms with Crippen LogP contribution in [0.15, 0.2) is 48.8 Å². The molecule has 0 atom stereocenters. The van der Waals surface area contributed by atoms with Gasteiger partial charge in [0.05, 0.1) is 0 Å². The molecule has 1 aromatic heterocycles. The molecule has 0 unspecified atom stereocenters. The number of aromatic nitrogens is 2. The molecule has 2 aromatic carbocycles. The summed E-state index contributed by atoms with van der Waals surface area (Å²) in [5.74, 6) is -3.18. The first kappa shape index (κ1) is 20.1. The topological polar surface area (TPSA) is 35.0 Å². The molecule has 3 rings (SSSR count). The highest BCUT2D eigenvalue weighted by molar-refractivity contribution is 6.30. The maximum Gasteiger partial charge on any atom is 0.432 e. The lowest BCUT2D eigenvalue weighted by Gasteiger charge is -2.20. The normalized spacial score (nSPS) is 11.5. The minimum absolute atomic E-state index is 0.0335. The van der Waals surface area contributed by atoms with Gasteiger partial charge in [-0.3, -0.25) is 0 Å². The molecule has 3 aromatic rings. The molecule has 0 spiro atoms. The number of alkyl halides is 2. The second-order valence-electron chi connectivity index (χ2n) is 6.05. The fraction of sp³-hybridized carbons (Fsp3) is 0.200. The van der Waals surface area contributed by atoms with Gasteiger partial charge in [0.1, 0.15) is 22.9 Å². The van der Waals surface area contributed by atoms with Crippen molar-refractivity contribution in [3.05, 3.63) is 76.6 Å². The average molecular weight is 411 g/mol. The van der Waals surface area contributed by atoms with Crippen molar-refractivity contribution in [2.45, 2.75) is 25.9 Å². The predicted octanol–water partition coefficient (Wildman–Crippen LogP) is 6.16. The van der Waals surface area contributed by atoms with Gasteiger partial charge in [0.2, 0.25) is 0 Å². The molecule has 146 valence electrons. The van der Waals surface area contributed by atoms with E-state index in [2.05, 4.69) is 14.7 Å². The van der Waals surface area contributed by atoms with E-state index in [1.54, 1.807) is 0 Å². The van der Waals surface area contributed by atoms with Gasteiger partial charge in [0, 0.05) is 23.0 Å². The van der Waals surface area contributed by atoms with Crippen molar-refractivity contribution < 1.29 is 22.3 Å². The Labute approximate surface area is 164 Å². The van der Waals surface area contributed by atoms with Crippen molar-refractivity contribution in [2.75, 3.05) is 0 Å². The zero-order valence-electron chi connectivity index (χ0n) is 14.7. The van der Waals surface area contributed by atoms with Crippen LogP contribution < -0.4 is 4.74 Å². The number of aryl methyl sites for hydroxylation is 1. The fourth-order valence-corrected chi connectivity index (χ4v) is 2.73. The highest BCUT2D eigenvalue weighted by Crippen LogP contribution is 2.36. The van der Waals surface area contributed by atoms with E-state index < -0.39 is 23.3 Å². The van der Waals surface area contributed by atoms with Crippen LogP contribution in [0.4, 0.5) is 17.6 Å². The van der Waals surface area contributed by atoms with Crippen molar-refractivity contribution >= 4 is 11.6 Å². The number of hydrogen-bond acceptors (Lipinski definition) is 3. The van der Waals surface area contributed by atoms with E-state index in [0.29, 0.717) is 5.02 Å². The Hall–Kier alpha value is -2.67. The first-order valence-corrected chi connectivity index (χ1v) is 8.81. The van der Waals surface area contributed by atoms with Gasteiger partial charge in [-0.25, -0.2) is 18.7 Å². The molecule has 0 fully saturated rings. The van der Waals surface area contributed by atoms with Crippen LogP contribution in [0.2, 0.25) is 5.02 Å². The first-order chi connectivity index (χ1) is 13.3. The lowest BCUT2D eigenvalue weighted by atomic mass is 10.1. The highest BCUT2D eigenvalue weighted by atomic mass is 35.5. The van der Waals surface area contributed by atoms with Crippen LogP contribution >= 0.6 is 11.6 Å². The van der Waals surface area contributed by atoms with Gasteiger partial charge in [-0.2, -0.15) is 8.78 Å². The first-order valence-electron chi connectivity index (χ1n) is 8.43. The predicted molar refractivity (Wildman–Crippen MR) is 97.4 cm³/mol. The van der Waals surface area contributed by atoms with Crippen LogP contribution in [0.25, 0.3) is 11.4 Å². The number of benzene rings is 2. The Bertz CT molecular complexity index is 940. The van der Waals surface area contributed by atoms with E-state index in [4.69, 9.17) is 11.6 Å². The lowest BCUT2D eigenvalue weighted by molar-refractivity contribution is -0.189. The summed E-state index contributed by atoms with van der Waals surface area (Å²) in [5, 5.41) is 0.308. The molecule has 0 aliphatic rings. The van der Waals surface area contributed by atoms with E-state index in [0.717, 1.165) is 30.5 Å². The third kappa shape index (κ3) is 4.42. The third-order valence-electron chi connectivity index (χ3n) is 3.90. The molecule has 0 saturated carbocycles. The smallest absolute Gasteiger partial charge is 0.429 e. The van der Waals surface area contributed by atoms with Crippen molar-refractivity contribution in [3.63, 3.8) is 0 Å². The maximum atomic E-state index is 14.4. The molecule has 8 heteroatoms. The average Bonchev–Trinajstić information content (AvgIpc) is 2.63. The van der Waals surface area contributed by atoms with Gasteiger partial charge < -0.3 is 4.74 Å². The van der Waals surface area contributed by atoms with Crippen molar-refractivity contribution in [1.29, 1.82) is 0 Å². The van der Waals surface area contributed by atoms with Gasteiger partial charge in [0.25, 0.3) is 0 Å². The molecule has 28 heavy (non-hydrogen) atoms. The van der Waals surface area contributed by atoms with Crippen LogP contribution in [0.3, 0.4) is 0 Å². The molecule has 0 amide bonds. The van der Waals surface area contributed by atoms with Crippen molar-refractivity contribution in [1.82, 2.24) is 9.97 Å². The molecule has 0 saturated heterocycles. The van der Waals surface area contributed by atoms with Crippen LogP contribution in [0.1, 0.15) is 24.5 Å². The largest absolute Gasteiger partial charge is 0.432 e. The molecule has 3 nitrogen and oxygen atoms in total. The van der Waals surface area contributed by atoms with Crippen LogP contribution in [0, 0.1) is 11.6 Å². The summed E-state index contributed by atoms with van der Waals surface area (Å²) in [6.45, 7) is 1.99. The molecular weight excluding hydrogens is 396 g/mol. The maximum absolute atomic E-state index is 14.4. The molecule has 0 N–H and O–H groups in total. The SMILES string of the molecule is CCCc1cnc(-c2cc(F)c(C(F)(F)Oc3ccc(Cl)cc3)c(F)c2)nc1. The highest BCUT2D eigenvalue weighted by Gasteiger charge is 2.41. The Balaban J connectivity index is 1.91. The summed E-state index contributed by atoms with van der Waals surface area (Å²) in [7, 11) is 0. The van der Waals surface area contributed by atoms with Crippen LogP contribution in [-0.4, -0.2) is 9.97 Å². The molecular formula is C20H15ClF4N2O. The van der Waals surface area contributed by atoms with Gasteiger partial charge in [0.15, 0.2) is 5.82 Å². The number of halogens is 5. The molecule has 0 bridgehead atoms. The molecule has 0 radical (unpaired) electrons. The zero-order chi connectivity index (χ0) is 20.3. The lowest BCUT2D eigenvalue weighted by Crippen LogP contribution is -2.25. The number of hydrogen-bond donors (Lipinski definition) is 0. The van der Waals surface area contributed by atoms with E-state index in [9.17, 15) is 17.6 Å². The standard InChI is InChI=1S/C20H15ClF4N2O/c1-2-3-12-10-26-19(27-11-12)13-8-16(22)18(17(23)9-13)20(24,25)28-15-6-4-14(21)5-7-15/h4-11H,2-3H2,1H3. The van der Waals surface area contributed by atoms with E-state index in [-0.39, 0.29) is 17.1 Å². The Kier molecular flexibility index (Phi) is 5.84. The van der Waals surface area contributed by atoms with Crippen molar-refractivity contribution in [2.24, 2.45) is 0 Å². The van der Waals surface area contributed by atoms with E-state index >= 15 is 0 Å². The monoisotopic (exact) mass is 410 g/mol. The summed E-state index contributed by atoms with van der Waals surface area (Å²) < 4.78 is 62.0. The van der Waals surface area contributed by atoms with Gasteiger partial charge >= 0.3 is 6.11 Å². The minimum Gasteiger partial charge on any atom is -0.429 e. The quantitative estimate of drug-likeness (QED) is 0.457. The Morgan fingerprint density at radius 2 is 1.57 bits per heavy atom. The third-order valence-corrected chi connectivity index (χ3v) is 4.15. The summed E-state index contributed by atoms with van der Waals surface area (Å²) in [6.07, 6.45) is 0.494. The van der Waals surface area contributed by atoms with Gasteiger partial charge in [-0.15, -0.1) is 0 Å².